The summed E-state index contributed by atoms with van der Waals surface area (Å²) in [5.41, 5.74) is 3.20. The average Bonchev–Trinajstić information content (AvgIpc) is 2.71. The van der Waals surface area contributed by atoms with Gasteiger partial charge in [-0.25, -0.2) is 4.79 Å². The lowest BCUT2D eigenvalue weighted by atomic mass is 9.88. The molecule has 4 nitrogen and oxygen atoms in total. The molecule has 10 heteroatoms. The van der Waals surface area contributed by atoms with Crippen LogP contribution in [0.25, 0.3) is 0 Å². The molecule has 0 radical (unpaired) electrons. The van der Waals surface area contributed by atoms with E-state index in [0.29, 0.717) is 18.6 Å². The van der Waals surface area contributed by atoms with E-state index in [1.54, 1.807) is 18.2 Å². The second kappa shape index (κ2) is 8.78. The minimum Gasteiger partial charge on any atom is -0.373 e. The van der Waals surface area contributed by atoms with Crippen LogP contribution in [-0.2, 0) is 23.7 Å². The molecule has 2 amide bonds. The number of nitrogens with zero attached hydrogens (tertiary/aromatic N) is 1. The number of benzene rings is 2. The second-order valence-corrected chi connectivity index (χ2v) is 7.35. The summed E-state index contributed by atoms with van der Waals surface area (Å²) >= 11 is 0. The highest BCUT2D eigenvalue weighted by Crippen LogP contribution is 2.37. The Hall–Kier alpha value is -2.75. The maximum atomic E-state index is 13.1. The number of carbonyl (C=O) groups excluding carboxylic acids is 1. The summed E-state index contributed by atoms with van der Waals surface area (Å²) < 4.78 is 84.2. The van der Waals surface area contributed by atoms with Gasteiger partial charge >= 0.3 is 18.4 Å². The Morgan fingerprint density at radius 3 is 2.10 bits per heavy atom. The Bertz CT molecular complexity index is 882. The van der Waals surface area contributed by atoms with E-state index >= 15 is 0 Å². The number of piperidine rings is 1. The molecule has 2 aromatic carbocycles. The number of likely N-dealkylation sites (tertiary alicyclic amines) is 1. The van der Waals surface area contributed by atoms with Gasteiger partial charge < -0.3 is 15.4 Å². The zero-order valence-electron chi connectivity index (χ0n) is 16.2. The Morgan fingerprint density at radius 2 is 1.58 bits per heavy atom. The van der Waals surface area contributed by atoms with Gasteiger partial charge in [-0.3, -0.25) is 0 Å². The number of nitrogens with two attached hydrogens (primary N) is 1. The van der Waals surface area contributed by atoms with E-state index in [0.717, 1.165) is 5.56 Å². The maximum absolute atomic E-state index is 13.1. The third-order valence-electron chi connectivity index (χ3n) is 5.20. The highest BCUT2D eigenvalue weighted by Gasteiger charge is 2.37. The summed E-state index contributed by atoms with van der Waals surface area (Å²) in [5.74, 6) is -0.324. The van der Waals surface area contributed by atoms with E-state index < -0.39 is 42.2 Å². The number of halogens is 6. The molecule has 0 aliphatic carbocycles. The monoisotopic (exact) mass is 446 g/mol. The van der Waals surface area contributed by atoms with Gasteiger partial charge in [-0.1, -0.05) is 30.3 Å². The Labute approximate surface area is 174 Å². The number of rotatable bonds is 4. The smallest absolute Gasteiger partial charge is 0.373 e. The highest BCUT2D eigenvalue weighted by atomic mass is 19.4. The zero-order chi connectivity index (χ0) is 22.8. The summed E-state index contributed by atoms with van der Waals surface area (Å²) in [7, 11) is 0. The first-order chi connectivity index (χ1) is 14.4. The predicted molar refractivity (Wildman–Crippen MR) is 100.0 cm³/mol. The summed E-state index contributed by atoms with van der Waals surface area (Å²) in [6, 6.07) is 9.81. The zero-order valence-corrected chi connectivity index (χ0v) is 16.2. The quantitative estimate of drug-likeness (QED) is 0.659. The molecule has 1 aliphatic rings. The number of amides is 2. The molecule has 1 fully saturated rings. The minimum atomic E-state index is -4.92. The molecule has 3 rings (SSSR count). The van der Waals surface area contributed by atoms with Crippen LogP contribution in [0.1, 0.15) is 34.6 Å². The number of hydrogen-bond donors (Lipinski definition) is 1. The van der Waals surface area contributed by atoms with E-state index in [9.17, 15) is 31.1 Å². The van der Waals surface area contributed by atoms with Crippen molar-refractivity contribution in [1.82, 2.24) is 4.90 Å². The van der Waals surface area contributed by atoms with E-state index in [2.05, 4.69) is 0 Å². The van der Waals surface area contributed by atoms with Crippen LogP contribution in [-0.4, -0.2) is 30.1 Å². The van der Waals surface area contributed by atoms with E-state index in [4.69, 9.17) is 10.5 Å². The number of hydrogen-bond acceptors (Lipinski definition) is 2. The summed E-state index contributed by atoms with van der Waals surface area (Å²) in [6.07, 6.45) is -10.0. The highest BCUT2D eigenvalue weighted by molar-refractivity contribution is 5.72. The van der Waals surface area contributed by atoms with E-state index in [1.165, 1.54) is 4.90 Å². The molecule has 1 heterocycles. The van der Waals surface area contributed by atoms with Crippen LogP contribution in [0.5, 0.6) is 0 Å². The van der Waals surface area contributed by atoms with Crippen molar-refractivity contribution in [3.05, 3.63) is 70.8 Å². The van der Waals surface area contributed by atoms with Crippen LogP contribution in [0, 0.1) is 0 Å². The number of alkyl halides is 6. The van der Waals surface area contributed by atoms with Gasteiger partial charge in [-0.05, 0) is 35.7 Å². The third kappa shape index (κ3) is 5.69. The SMILES string of the molecule is NC(=O)N1CC[C@H](OCc2cc(C(F)(F)F)cc(C(F)(F)F)c2)[C@H](c2ccccc2)C1. The van der Waals surface area contributed by atoms with Crippen molar-refractivity contribution in [3.8, 4) is 0 Å². The first-order valence-corrected chi connectivity index (χ1v) is 9.44. The lowest BCUT2D eigenvalue weighted by Crippen LogP contribution is -2.47. The van der Waals surface area contributed by atoms with Crippen molar-refractivity contribution >= 4 is 6.03 Å². The number of primary amides is 1. The van der Waals surface area contributed by atoms with Gasteiger partial charge in [0, 0.05) is 19.0 Å². The number of ether oxygens (including phenoxy) is 1. The largest absolute Gasteiger partial charge is 0.416 e. The van der Waals surface area contributed by atoms with Crippen LogP contribution in [0.3, 0.4) is 0 Å². The van der Waals surface area contributed by atoms with Crippen LogP contribution >= 0.6 is 0 Å². The van der Waals surface area contributed by atoms with Crippen molar-refractivity contribution in [2.45, 2.75) is 37.4 Å². The molecular formula is C21H20F6N2O2. The molecule has 2 aromatic rings. The number of urea groups is 1. The normalized spacial score (nSPS) is 20.0. The molecule has 1 aliphatic heterocycles. The molecular weight excluding hydrogens is 426 g/mol. The molecule has 0 saturated carbocycles. The Kier molecular flexibility index (Phi) is 6.49. The van der Waals surface area contributed by atoms with Gasteiger partial charge in [-0.15, -0.1) is 0 Å². The van der Waals surface area contributed by atoms with Crippen molar-refractivity contribution in [3.63, 3.8) is 0 Å². The lowest BCUT2D eigenvalue weighted by molar-refractivity contribution is -0.143. The molecule has 31 heavy (non-hydrogen) atoms. The van der Waals surface area contributed by atoms with Crippen LogP contribution in [0.15, 0.2) is 48.5 Å². The second-order valence-electron chi connectivity index (χ2n) is 7.35. The summed E-state index contributed by atoms with van der Waals surface area (Å²) in [4.78, 5) is 13.0. The van der Waals surface area contributed by atoms with Crippen molar-refractivity contribution in [2.75, 3.05) is 13.1 Å². The van der Waals surface area contributed by atoms with Crippen molar-refractivity contribution in [1.29, 1.82) is 0 Å². The van der Waals surface area contributed by atoms with Crippen LogP contribution in [0.2, 0.25) is 0 Å². The van der Waals surface area contributed by atoms with Gasteiger partial charge in [0.15, 0.2) is 0 Å². The van der Waals surface area contributed by atoms with Gasteiger partial charge in [0.05, 0.1) is 23.8 Å². The average molecular weight is 446 g/mol. The molecule has 2 N–H and O–H groups in total. The van der Waals surface area contributed by atoms with Crippen molar-refractivity contribution < 1.29 is 35.9 Å². The standard InChI is InChI=1S/C21H20F6N2O2/c22-20(23,24)15-8-13(9-16(10-15)21(25,26)27)12-31-18-6-7-29(19(28)30)11-17(18)14-4-2-1-3-5-14/h1-5,8-10,17-18H,6-7,11-12H2,(H2,28,30)/t17-,18-/m0/s1. The van der Waals surface area contributed by atoms with Gasteiger partial charge in [0.2, 0.25) is 0 Å². The minimum absolute atomic E-state index is 0.0849. The lowest BCUT2D eigenvalue weighted by Gasteiger charge is -2.38. The summed E-state index contributed by atoms with van der Waals surface area (Å²) in [5, 5.41) is 0. The topological polar surface area (TPSA) is 55.6 Å². The molecule has 0 spiro atoms. The predicted octanol–water partition coefficient (Wildman–Crippen LogP) is 5.18. The first-order valence-electron chi connectivity index (χ1n) is 9.44. The Balaban J connectivity index is 1.84. The fourth-order valence-corrected chi connectivity index (χ4v) is 3.66. The van der Waals surface area contributed by atoms with Crippen LogP contribution < -0.4 is 5.73 Å². The Morgan fingerprint density at radius 1 is 1.00 bits per heavy atom. The molecule has 0 aromatic heterocycles. The summed E-state index contributed by atoms with van der Waals surface area (Å²) in [6.45, 7) is 0.0811. The fourth-order valence-electron chi connectivity index (χ4n) is 3.66. The van der Waals surface area contributed by atoms with Gasteiger partial charge in [0.25, 0.3) is 0 Å². The van der Waals surface area contributed by atoms with Crippen molar-refractivity contribution in [2.24, 2.45) is 5.73 Å². The first kappa shape index (κ1) is 22.9. The molecule has 2 atom stereocenters. The molecule has 0 bridgehead atoms. The van der Waals surface area contributed by atoms with Gasteiger partial charge in [-0.2, -0.15) is 26.3 Å². The van der Waals surface area contributed by atoms with E-state index in [1.807, 2.05) is 12.1 Å². The molecule has 168 valence electrons. The fraction of sp³-hybridized carbons (Fsp3) is 0.381. The van der Waals surface area contributed by atoms with E-state index in [-0.39, 0.29) is 30.6 Å². The number of carbonyl (C=O) groups is 1. The molecule has 1 saturated heterocycles. The molecule has 0 unspecified atom stereocenters. The maximum Gasteiger partial charge on any atom is 0.416 e. The van der Waals surface area contributed by atoms with Crippen LogP contribution in [0.4, 0.5) is 31.1 Å². The third-order valence-corrected chi connectivity index (χ3v) is 5.20. The van der Waals surface area contributed by atoms with Gasteiger partial charge in [0.1, 0.15) is 0 Å².